The predicted molar refractivity (Wildman–Crippen MR) is 82.6 cm³/mol. The summed E-state index contributed by atoms with van der Waals surface area (Å²) in [6, 6.07) is 4.39. The van der Waals surface area contributed by atoms with Crippen molar-refractivity contribution in [2.75, 3.05) is 6.54 Å². The van der Waals surface area contributed by atoms with E-state index in [2.05, 4.69) is 42.0 Å². The van der Waals surface area contributed by atoms with Crippen LogP contribution < -0.4 is 10.6 Å². The maximum Gasteiger partial charge on any atom is 0.236 e. The minimum atomic E-state index is -0.128. The van der Waals surface area contributed by atoms with E-state index < -0.39 is 0 Å². The third-order valence-electron chi connectivity index (χ3n) is 3.09. The molecule has 0 bridgehead atoms. The van der Waals surface area contributed by atoms with Gasteiger partial charge < -0.3 is 10.6 Å². The van der Waals surface area contributed by atoms with Crippen LogP contribution in [0.2, 0.25) is 0 Å². The van der Waals surface area contributed by atoms with E-state index in [1.54, 1.807) is 11.3 Å². The lowest BCUT2D eigenvalue weighted by Gasteiger charge is -2.19. The molecule has 0 aliphatic rings. The fraction of sp³-hybridized carbons (Fsp3) is 0.667. The zero-order valence-corrected chi connectivity index (χ0v) is 13.1. The van der Waals surface area contributed by atoms with Crippen LogP contribution in [-0.2, 0) is 11.2 Å². The Morgan fingerprint density at radius 1 is 1.37 bits per heavy atom. The third-order valence-corrected chi connectivity index (χ3v) is 3.99. The normalized spacial score (nSPS) is 14.1. The highest BCUT2D eigenvalue weighted by atomic mass is 32.1. The Morgan fingerprint density at radius 3 is 2.79 bits per heavy atom. The Labute approximate surface area is 120 Å². The number of carbonyl (C=O) groups excluding carboxylic acids is 1. The van der Waals surface area contributed by atoms with Crippen molar-refractivity contribution in [3.8, 4) is 0 Å². The van der Waals surface area contributed by atoms with E-state index in [1.165, 1.54) is 17.7 Å². The first-order valence-electron chi connectivity index (χ1n) is 7.19. The molecule has 2 atom stereocenters. The number of carbonyl (C=O) groups is 1. The molecule has 1 aromatic heterocycles. The summed E-state index contributed by atoms with van der Waals surface area (Å²) < 4.78 is 0. The summed E-state index contributed by atoms with van der Waals surface area (Å²) in [5.41, 5.74) is 0. The molecular formula is C15H26N2OS. The highest BCUT2D eigenvalue weighted by molar-refractivity contribution is 7.09. The van der Waals surface area contributed by atoms with Crippen molar-refractivity contribution in [3.05, 3.63) is 22.4 Å². The van der Waals surface area contributed by atoms with Gasteiger partial charge in [-0.1, -0.05) is 25.8 Å². The Balaban J connectivity index is 2.21. The molecule has 0 fully saturated rings. The second kappa shape index (κ2) is 9.10. The number of nitrogens with one attached hydrogen (secondary N) is 2. The van der Waals surface area contributed by atoms with Crippen molar-refractivity contribution in [3.63, 3.8) is 0 Å². The molecule has 4 heteroatoms. The number of hydrogen-bond acceptors (Lipinski definition) is 3. The van der Waals surface area contributed by atoms with Crippen molar-refractivity contribution in [2.24, 2.45) is 0 Å². The summed E-state index contributed by atoms with van der Waals surface area (Å²) >= 11 is 1.77. The van der Waals surface area contributed by atoms with Gasteiger partial charge in [-0.15, -0.1) is 11.3 Å². The first-order chi connectivity index (χ1) is 9.13. The molecule has 0 radical (unpaired) electrons. The van der Waals surface area contributed by atoms with Crippen LogP contribution in [0, 0.1) is 0 Å². The molecule has 1 aromatic rings. The summed E-state index contributed by atoms with van der Waals surface area (Å²) in [7, 11) is 0. The SMILES string of the molecule is CCCCCNC(=O)C(C)NC(C)Cc1cccs1. The van der Waals surface area contributed by atoms with Crippen LogP contribution in [0.15, 0.2) is 17.5 Å². The predicted octanol–water partition coefficient (Wildman–Crippen LogP) is 2.96. The third kappa shape index (κ3) is 6.73. The fourth-order valence-electron chi connectivity index (χ4n) is 2.03. The lowest BCUT2D eigenvalue weighted by molar-refractivity contribution is -0.122. The molecule has 0 aromatic carbocycles. The molecule has 0 saturated carbocycles. The summed E-state index contributed by atoms with van der Waals surface area (Å²) in [5.74, 6) is 0.106. The fourth-order valence-corrected chi connectivity index (χ4v) is 2.87. The molecule has 3 nitrogen and oxygen atoms in total. The zero-order valence-electron chi connectivity index (χ0n) is 12.2. The summed E-state index contributed by atoms with van der Waals surface area (Å²) in [6.45, 7) is 7.01. The van der Waals surface area contributed by atoms with Gasteiger partial charge in [0.15, 0.2) is 0 Å². The van der Waals surface area contributed by atoms with Crippen LogP contribution in [0.4, 0.5) is 0 Å². The molecule has 0 aliphatic carbocycles. The van der Waals surface area contributed by atoms with Gasteiger partial charge in [0.25, 0.3) is 0 Å². The van der Waals surface area contributed by atoms with Gasteiger partial charge in [0, 0.05) is 17.5 Å². The highest BCUT2D eigenvalue weighted by Gasteiger charge is 2.15. The maximum absolute atomic E-state index is 11.9. The highest BCUT2D eigenvalue weighted by Crippen LogP contribution is 2.11. The molecule has 1 rings (SSSR count). The quantitative estimate of drug-likeness (QED) is 0.684. The van der Waals surface area contributed by atoms with Crippen molar-refractivity contribution in [1.29, 1.82) is 0 Å². The van der Waals surface area contributed by atoms with E-state index in [9.17, 15) is 4.79 Å². The average molecular weight is 282 g/mol. The first-order valence-corrected chi connectivity index (χ1v) is 8.07. The second-order valence-corrected chi connectivity index (χ2v) is 6.10. The van der Waals surface area contributed by atoms with Crippen LogP contribution in [0.1, 0.15) is 44.9 Å². The zero-order chi connectivity index (χ0) is 14.1. The number of amides is 1. The van der Waals surface area contributed by atoms with Crippen LogP contribution >= 0.6 is 11.3 Å². The smallest absolute Gasteiger partial charge is 0.236 e. The molecule has 1 amide bonds. The van der Waals surface area contributed by atoms with Crippen molar-refractivity contribution < 1.29 is 4.79 Å². The number of hydrogen-bond donors (Lipinski definition) is 2. The number of thiophene rings is 1. The van der Waals surface area contributed by atoms with E-state index >= 15 is 0 Å². The Bertz CT molecular complexity index is 351. The van der Waals surface area contributed by atoms with Gasteiger partial charge >= 0.3 is 0 Å². The van der Waals surface area contributed by atoms with E-state index in [1.807, 2.05) is 6.92 Å². The Hall–Kier alpha value is -0.870. The van der Waals surface area contributed by atoms with E-state index in [0.29, 0.717) is 6.04 Å². The van der Waals surface area contributed by atoms with Gasteiger partial charge in [-0.2, -0.15) is 0 Å². The standard InChI is InChI=1S/C15H26N2OS/c1-4-5-6-9-16-15(18)13(3)17-12(2)11-14-8-7-10-19-14/h7-8,10,12-13,17H,4-6,9,11H2,1-3H3,(H,16,18). The molecule has 2 unspecified atom stereocenters. The van der Waals surface area contributed by atoms with Crippen LogP contribution in [0.5, 0.6) is 0 Å². The van der Waals surface area contributed by atoms with Gasteiger partial charge in [0.05, 0.1) is 6.04 Å². The number of rotatable bonds is 9. The Kier molecular flexibility index (Phi) is 7.75. The maximum atomic E-state index is 11.9. The molecule has 108 valence electrons. The molecule has 0 aliphatic heterocycles. The lowest BCUT2D eigenvalue weighted by Crippen LogP contribution is -2.46. The molecular weight excluding hydrogens is 256 g/mol. The van der Waals surface area contributed by atoms with E-state index in [4.69, 9.17) is 0 Å². The van der Waals surface area contributed by atoms with Crippen LogP contribution in [0.3, 0.4) is 0 Å². The van der Waals surface area contributed by atoms with Gasteiger partial charge in [0.2, 0.25) is 5.91 Å². The minimum Gasteiger partial charge on any atom is -0.355 e. The molecule has 0 saturated heterocycles. The minimum absolute atomic E-state index is 0.106. The van der Waals surface area contributed by atoms with Gasteiger partial charge in [0.1, 0.15) is 0 Å². The topological polar surface area (TPSA) is 41.1 Å². The van der Waals surface area contributed by atoms with Gasteiger partial charge in [-0.25, -0.2) is 0 Å². The van der Waals surface area contributed by atoms with Gasteiger partial charge in [-0.3, -0.25) is 4.79 Å². The molecule has 19 heavy (non-hydrogen) atoms. The molecule has 0 spiro atoms. The largest absolute Gasteiger partial charge is 0.355 e. The second-order valence-electron chi connectivity index (χ2n) is 5.07. The van der Waals surface area contributed by atoms with Crippen molar-refractivity contribution >= 4 is 17.2 Å². The van der Waals surface area contributed by atoms with Crippen molar-refractivity contribution in [2.45, 2.75) is 58.5 Å². The van der Waals surface area contributed by atoms with Crippen LogP contribution in [0.25, 0.3) is 0 Å². The summed E-state index contributed by atoms with van der Waals surface area (Å²) in [4.78, 5) is 13.2. The van der Waals surface area contributed by atoms with Gasteiger partial charge in [-0.05, 0) is 38.1 Å². The van der Waals surface area contributed by atoms with Crippen LogP contribution in [-0.4, -0.2) is 24.5 Å². The number of unbranched alkanes of at least 4 members (excludes halogenated alkanes) is 2. The average Bonchev–Trinajstić information content (AvgIpc) is 2.86. The first kappa shape index (κ1) is 16.2. The van der Waals surface area contributed by atoms with Crippen molar-refractivity contribution in [1.82, 2.24) is 10.6 Å². The molecule has 2 N–H and O–H groups in total. The van der Waals surface area contributed by atoms with E-state index in [-0.39, 0.29) is 11.9 Å². The summed E-state index contributed by atoms with van der Waals surface area (Å²) in [5, 5.41) is 8.43. The summed E-state index contributed by atoms with van der Waals surface area (Å²) in [6.07, 6.45) is 4.41. The molecule has 1 heterocycles. The lowest BCUT2D eigenvalue weighted by atomic mass is 10.1. The Morgan fingerprint density at radius 2 is 2.16 bits per heavy atom. The van der Waals surface area contributed by atoms with E-state index in [0.717, 1.165) is 19.4 Å². The monoisotopic (exact) mass is 282 g/mol.